The van der Waals surface area contributed by atoms with Gasteiger partial charge in [-0.15, -0.1) is 0 Å². The fraction of sp³-hybridized carbons (Fsp3) is 0.667. The van der Waals surface area contributed by atoms with Gasteiger partial charge in [-0.05, 0) is 25.7 Å². The van der Waals surface area contributed by atoms with Crippen LogP contribution >= 0.6 is 11.6 Å². The van der Waals surface area contributed by atoms with Gasteiger partial charge in [0.15, 0.2) is 0 Å². The minimum Gasteiger partial charge on any atom is -0.0898 e. The summed E-state index contributed by atoms with van der Waals surface area (Å²) in [6, 6.07) is 0. The molecule has 0 aromatic rings. The Morgan fingerprint density at radius 3 is 2.43 bits per heavy atom. The first-order chi connectivity index (χ1) is 3.29. The standard InChI is InChI=1S/C6H9Cl/c1-5(7)4-6-2-3-6/h4,6H,2-3H2,1H3/b5-4-. The summed E-state index contributed by atoms with van der Waals surface area (Å²) in [5.74, 6) is 0.831. The van der Waals surface area contributed by atoms with Crippen molar-refractivity contribution in [2.24, 2.45) is 5.92 Å². The van der Waals surface area contributed by atoms with E-state index in [1.54, 1.807) is 0 Å². The highest BCUT2D eigenvalue weighted by molar-refractivity contribution is 6.29. The highest BCUT2D eigenvalue weighted by Gasteiger charge is 2.17. The van der Waals surface area contributed by atoms with Crippen LogP contribution < -0.4 is 0 Å². The number of hydrogen-bond donors (Lipinski definition) is 0. The van der Waals surface area contributed by atoms with Crippen molar-refractivity contribution in [1.82, 2.24) is 0 Å². The number of halogens is 1. The maximum absolute atomic E-state index is 5.57. The molecule has 0 aliphatic heterocycles. The van der Waals surface area contributed by atoms with Crippen molar-refractivity contribution in [3.63, 3.8) is 0 Å². The van der Waals surface area contributed by atoms with Crippen LogP contribution in [-0.4, -0.2) is 0 Å². The molecule has 1 aliphatic rings. The molecule has 0 radical (unpaired) electrons. The Bertz CT molecular complexity index is 86.4. The highest BCUT2D eigenvalue weighted by atomic mass is 35.5. The molecule has 1 rings (SSSR count). The molecule has 40 valence electrons. The molecule has 1 heteroatoms. The van der Waals surface area contributed by atoms with E-state index >= 15 is 0 Å². The molecule has 7 heavy (non-hydrogen) atoms. The Labute approximate surface area is 49.2 Å². The Kier molecular flexibility index (Phi) is 1.38. The number of allylic oxidation sites excluding steroid dienone is 2. The Morgan fingerprint density at radius 2 is 2.29 bits per heavy atom. The van der Waals surface area contributed by atoms with E-state index in [0.717, 1.165) is 11.0 Å². The van der Waals surface area contributed by atoms with Gasteiger partial charge in [0.2, 0.25) is 0 Å². The van der Waals surface area contributed by atoms with Gasteiger partial charge in [-0.2, -0.15) is 0 Å². The zero-order chi connectivity index (χ0) is 5.28. The maximum atomic E-state index is 5.57. The molecule has 0 nitrogen and oxygen atoms in total. The quantitative estimate of drug-likeness (QED) is 0.494. The molecular formula is C6H9Cl. The van der Waals surface area contributed by atoms with E-state index in [1.165, 1.54) is 12.8 Å². The predicted molar refractivity (Wildman–Crippen MR) is 32.3 cm³/mol. The third kappa shape index (κ3) is 1.98. The van der Waals surface area contributed by atoms with E-state index in [4.69, 9.17) is 11.6 Å². The van der Waals surface area contributed by atoms with Gasteiger partial charge in [-0.1, -0.05) is 17.7 Å². The van der Waals surface area contributed by atoms with Gasteiger partial charge in [0.1, 0.15) is 0 Å². The van der Waals surface area contributed by atoms with Crippen LogP contribution in [0.25, 0.3) is 0 Å². The van der Waals surface area contributed by atoms with Gasteiger partial charge in [0.05, 0.1) is 0 Å². The lowest BCUT2D eigenvalue weighted by Crippen LogP contribution is -1.62. The fourth-order valence-corrected chi connectivity index (χ4v) is 0.766. The van der Waals surface area contributed by atoms with Crippen molar-refractivity contribution in [1.29, 1.82) is 0 Å². The summed E-state index contributed by atoms with van der Waals surface area (Å²) in [6.45, 7) is 1.93. The first kappa shape index (κ1) is 5.17. The second-order valence-electron chi connectivity index (χ2n) is 2.09. The summed E-state index contributed by atoms with van der Waals surface area (Å²) >= 11 is 5.57. The largest absolute Gasteiger partial charge is 0.0898 e. The van der Waals surface area contributed by atoms with Crippen LogP contribution in [0.15, 0.2) is 11.1 Å². The zero-order valence-corrected chi connectivity index (χ0v) is 5.20. The average Bonchev–Trinajstić information content (AvgIpc) is 2.17. The van der Waals surface area contributed by atoms with E-state index in [1.807, 2.05) is 6.92 Å². The van der Waals surface area contributed by atoms with Crippen molar-refractivity contribution in [3.8, 4) is 0 Å². The molecular weight excluding hydrogens is 108 g/mol. The summed E-state index contributed by atoms with van der Waals surface area (Å²) in [5.41, 5.74) is 0. The van der Waals surface area contributed by atoms with Gasteiger partial charge >= 0.3 is 0 Å². The zero-order valence-electron chi connectivity index (χ0n) is 4.45. The summed E-state index contributed by atoms with van der Waals surface area (Å²) in [7, 11) is 0. The molecule has 0 unspecified atom stereocenters. The second kappa shape index (κ2) is 1.87. The van der Waals surface area contributed by atoms with E-state index < -0.39 is 0 Å². The van der Waals surface area contributed by atoms with E-state index in [2.05, 4.69) is 6.08 Å². The van der Waals surface area contributed by atoms with E-state index in [0.29, 0.717) is 0 Å². The van der Waals surface area contributed by atoms with Crippen LogP contribution in [-0.2, 0) is 0 Å². The van der Waals surface area contributed by atoms with Crippen molar-refractivity contribution in [3.05, 3.63) is 11.1 Å². The van der Waals surface area contributed by atoms with Crippen molar-refractivity contribution in [2.75, 3.05) is 0 Å². The third-order valence-electron chi connectivity index (χ3n) is 1.09. The maximum Gasteiger partial charge on any atom is 0.0112 e. The molecule has 0 saturated heterocycles. The van der Waals surface area contributed by atoms with Crippen LogP contribution in [0.2, 0.25) is 0 Å². The van der Waals surface area contributed by atoms with Crippen molar-refractivity contribution < 1.29 is 0 Å². The second-order valence-corrected chi connectivity index (χ2v) is 2.69. The molecule has 1 aliphatic carbocycles. The van der Waals surface area contributed by atoms with Gasteiger partial charge < -0.3 is 0 Å². The molecule has 0 atom stereocenters. The van der Waals surface area contributed by atoms with E-state index in [9.17, 15) is 0 Å². The topological polar surface area (TPSA) is 0 Å². The summed E-state index contributed by atoms with van der Waals surface area (Å²) in [5, 5.41) is 0.947. The minimum atomic E-state index is 0.831. The van der Waals surface area contributed by atoms with Crippen LogP contribution in [0.3, 0.4) is 0 Å². The summed E-state index contributed by atoms with van der Waals surface area (Å²) in [6.07, 6.45) is 4.83. The van der Waals surface area contributed by atoms with Crippen LogP contribution in [0.4, 0.5) is 0 Å². The highest BCUT2D eigenvalue weighted by Crippen LogP contribution is 2.31. The summed E-state index contributed by atoms with van der Waals surface area (Å²) in [4.78, 5) is 0. The molecule has 0 aromatic heterocycles. The molecule has 1 saturated carbocycles. The Morgan fingerprint density at radius 1 is 1.71 bits per heavy atom. The van der Waals surface area contributed by atoms with E-state index in [-0.39, 0.29) is 0 Å². The molecule has 0 heterocycles. The molecule has 0 bridgehead atoms. The number of rotatable bonds is 1. The molecule has 0 aromatic carbocycles. The molecule has 0 amide bonds. The molecule has 0 spiro atoms. The Hall–Kier alpha value is 0.0300. The minimum absolute atomic E-state index is 0.831. The smallest absolute Gasteiger partial charge is 0.0112 e. The summed E-state index contributed by atoms with van der Waals surface area (Å²) < 4.78 is 0. The lowest BCUT2D eigenvalue weighted by Gasteiger charge is -1.79. The Balaban J connectivity index is 2.29. The number of hydrogen-bond acceptors (Lipinski definition) is 0. The first-order valence-electron chi connectivity index (χ1n) is 2.63. The SMILES string of the molecule is C/C(Cl)=C/C1CC1. The lowest BCUT2D eigenvalue weighted by molar-refractivity contribution is 1.11. The monoisotopic (exact) mass is 116 g/mol. The first-order valence-corrected chi connectivity index (χ1v) is 3.01. The van der Waals surface area contributed by atoms with Crippen LogP contribution in [0.5, 0.6) is 0 Å². The van der Waals surface area contributed by atoms with Gasteiger partial charge in [-0.25, -0.2) is 0 Å². The normalized spacial score (nSPS) is 22.9. The molecule has 0 N–H and O–H groups in total. The van der Waals surface area contributed by atoms with Crippen molar-refractivity contribution in [2.45, 2.75) is 19.8 Å². The van der Waals surface area contributed by atoms with Gasteiger partial charge in [0.25, 0.3) is 0 Å². The van der Waals surface area contributed by atoms with Gasteiger partial charge in [0, 0.05) is 5.03 Å². The van der Waals surface area contributed by atoms with Crippen LogP contribution in [0, 0.1) is 5.92 Å². The average molecular weight is 117 g/mol. The van der Waals surface area contributed by atoms with Crippen molar-refractivity contribution >= 4 is 11.6 Å². The fourth-order valence-electron chi connectivity index (χ4n) is 0.588. The lowest BCUT2D eigenvalue weighted by atomic mass is 10.4. The van der Waals surface area contributed by atoms with Crippen LogP contribution in [0.1, 0.15) is 19.8 Å². The third-order valence-corrected chi connectivity index (χ3v) is 1.21. The molecule has 1 fully saturated rings. The predicted octanol–water partition coefficient (Wildman–Crippen LogP) is 2.54. The van der Waals surface area contributed by atoms with Gasteiger partial charge in [-0.3, -0.25) is 0 Å².